The molecule has 0 bridgehead atoms. The minimum atomic E-state index is -0.954. The molecule has 0 rings (SSSR count). The van der Waals surface area contributed by atoms with E-state index in [-0.39, 0.29) is 33.0 Å². The van der Waals surface area contributed by atoms with Crippen molar-refractivity contribution in [1.29, 1.82) is 0 Å². The van der Waals surface area contributed by atoms with Gasteiger partial charge in [-0.2, -0.15) is 0 Å². The number of urea groups is 1. The fourth-order valence-electron chi connectivity index (χ4n) is 0.817. The van der Waals surface area contributed by atoms with E-state index in [9.17, 15) is 0 Å². The summed E-state index contributed by atoms with van der Waals surface area (Å²) in [6.45, 7) is 1.02. The quantitative estimate of drug-likeness (QED) is 0.220. The van der Waals surface area contributed by atoms with Crippen molar-refractivity contribution in [2.45, 2.75) is 6.10 Å². The second kappa shape index (κ2) is 20.3. The van der Waals surface area contributed by atoms with Crippen molar-refractivity contribution >= 4 is 6.03 Å². The molecule has 0 aliphatic carbocycles. The van der Waals surface area contributed by atoms with Gasteiger partial charge in [-0.15, -0.1) is 0 Å². The molecule has 0 unspecified atom stereocenters. The number of hydrogen-bond acceptors (Lipinski definition) is 8. The fourth-order valence-corrected chi connectivity index (χ4v) is 0.817. The Morgan fingerprint density at radius 1 is 0.850 bits per heavy atom. The van der Waals surface area contributed by atoms with Crippen molar-refractivity contribution in [3.05, 3.63) is 0 Å². The van der Waals surface area contributed by atoms with Gasteiger partial charge in [0.1, 0.15) is 6.10 Å². The van der Waals surface area contributed by atoms with Gasteiger partial charge in [-0.25, -0.2) is 4.79 Å². The van der Waals surface area contributed by atoms with Crippen LogP contribution in [0.1, 0.15) is 0 Å². The molecular formula is C10H27N3O7. The number of amides is 2. The van der Waals surface area contributed by atoms with E-state index in [1.807, 2.05) is 0 Å². The standard InChI is InChI=1S/C6H15NO3.C3H8O3.CH4N2O/c8-4-1-7(2-5-9)3-6-10;4-1-3(6)2-5;2-1(3)4/h8-10H,1-6H2;3-6H,1-2H2;(H4,2,3,4). The predicted molar refractivity (Wildman–Crippen MR) is 71.6 cm³/mol. The molecule has 10 nitrogen and oxygen atoms in total. The van der Waals surface area contributed by atoms with Gasteiger partial charge in [0, 0.05) is 19.6 Å². The van der Waals surface area contributed by atoms with Crippen molar-refractivity contribution in [3.8, 4) is 0 Å². The molecule has 0 spiro atoms. The van der Waals surface area contributed by atoms with E-state index in [0.29, 0.717) is 19.6 Å². The van der Waals surface area contributed by atoms with Crippen molar-refractivity contribution < 1.29 is 35.4 Å². The third kappa shape index (κ3) is 30.2. The lowest BCUT2D eigenvalue weighted by molar-refractivity contribution is 0.0450. The van der Waals surface area contributed by atoms with Gasteiger partial charge in [0.25, 0.3) is 0 Å². The summed E-state index contributed by atoms with van der Waals surface area (Å²) in [5.74, 6) is 0. The average molecular weight is 301 g/mol. The summed E-state index contributed by atoms with van der Waals surface area (Å²) in [7, 11) is 0. The molecule has 0 saturated heterocycles. The number of carbonyl (C=O) groups excluding carboxylic acids is 1. The molecule has 0 saturated carbocycles. The lowest BCUT2D eigenvalue weighted by Gasteiger charge is -2.17. The number of aliphatic hydroxyl groups is 6. The zero-order valence-electron chi connectivity index (χ0n) is 11.4. The van der Waals surface area contributed by atoms with Gasteiger partial charge in [-0.05, 0) is 0 Å². The molecule has 0 aromatic heterocycles. The molecule has 0 aromatic carbocycles. The molecule has 0 atom stereocenters. The molecule has 10 heteroatoms. The Kier molecular flexibility index (Phi) is 24.4. The first kappa shape index (κ1) is 24.0. The Morgan fingerprint density at radius 3 is 1.20 bits per heavy atom. The molecule has 0 heterocycles. The van der Waals surface area contributed by atoms with Gasteiger partial charge in [-0.1, -0.05) is 0 Å². The van der Waals surface area contributed by atoms with E-state index in [2.05, 4.69) is 11.5 Å². The highest BCUT2D eigenvalue weighted by atomic mass is 16.3. The highest BCUT2D eigenvalue weighted by Crippen LogP contribution is 1.84. The summed E-state index contributed by atoms with van der Waals surface area (Å²) in [5, 5.41) is 49.5. The summed E-state index contributed by atoms with van der Waals surface area (Å²) < 4.78 is 0. The van der Waals surface area contributed by atoms with E-state index in [0.717, 1.165) is 0 Å². The summed E-state index contributed by atoms with van der Waals surface area (Å²) in [6, 6.07) is -0.833. The van der Waals surface area contributed by atoms with Crippen LogP contribution in [0, 0.1) is 0 Å². The minimum absolute atomic E-state index is 0.0694. The predicted octanol–water partition coefficient (Wildman–Crippen LogP) is -4.38. The Balaban J connectivity index is -0.000000246. The highest BCUT2D eigenvalue weighted by molar-refractivity contribution is 5.69. The number of rotatable bonds is 8. The maximum atomic E-state index is 9.00. The first-order valence-electron chi connectivity index (χ1n) is 5.89. The zero-order valence-corrected chi connectivity index (χ0v) is 11.4. The SMILES string of the molecule is NC(N)=O.OCC(O)CO.OCCN(CCO)CCO. The van der Waals surface area contributed by atoms with E-state index in [1.165, 1.54) is 0 Å². The maximum absolute atomic E-state index is 9.00. The van der Waals surface area contributed by atoms with Gasteiger partial charge in [0.05, 0.1) is 33.0 Å². The Hall–Kier alpha value is -1.01. The molecule has 0 aromatic rings. The monoisotopic (exact) mass is 301 g/mol. The van der Waals surface area contributed by atoms with Crippen LogP contribution >= 0.6 is 0 Å². The number of aliphatic hydroxyl groups excluding tert-OH is 6. The molecule has 2 amide bonds. The minimum Gasteiger partial charge on any atom is -0.395 e. The Bertz CT molecular complexity index is 175. The van der Waals surface area contributed by atoms with Crippen LogP contribution < -0.4 is 11.5 Å². The van der Waals surface area contributed by atoms with Crippen molar-refractivity contribution in [1.82, 2.24) is 4.90 Å². The molecule has 20 heavy (non-hydrogen) atoms. The van der Waals surface area contributed by atoms with Crippen LogP contribution in [0.15, 0.2) is 0 Å². The van der Waals surface area contributed by atoms with Crippen LogP contribution in [-0.2, 0) is 0 Å². The normalized spacial score (nSPS) is 9.60. The second-order valence-electron chi connectivity index (χ2n) is 3.43. The van der Waals surface area contributed by atoms with Crippen LogP contribution in [0.3, 0.4) is 0 Å². The van der Waals surface area contributed by atoms with E-state index >= 15 is 0 Å². The average Bonchev–Trinajstić information content (AvgIpc) is 2.39. The van der Waals surface area contributed by atoms with E-state index in [4.69, 9.17) is 35.4 Å². The fraction of sp³-hybridized carbons (Fsp3) is 0.900. The molecule has 0 aliphatic rings. The molecular weight excluding hydrogens is 274 g/mol. The number of nitrogens with zero attached hydrogens (tertiary/aromatic N) is 1. The Labute approximate surface area is 117 Å². The maximum Gasteiger partial charge on any atom is 0.309 e. The third-order valence-electron chi connectivity index (χ3n) is 1.67. The molecule has 124 valence electrons. The van der Waals surface area contributed by atoms with Gasteiger partial charge < -0.3 is 42.1 Å². The van der Waals surface area contributed by atoms with Gasteiger partial charge in [-0.3, -0.25) is 4.90 Å². The first-order chi connectivity index (χ1) is 9.39. The summed E-state index contributed by atoms with van der Waals surface area (Å²) in [4.78, 5) is 10.8. The number of nitrogens with two attached hydrogens (primary N) is 2. The zero-order chi connectivity index (χ0) is 16.4. The van der Waals surface area contributed by atoms with Crippen LogP contribution in [-0.4, -0.2) is 100 Å². The van der Waals surface area contributed by atoms with Crippen molar-refractivity contribution in [2.24, 2.45) is 11.5 Å². The van der Waals surface area contributed by atoms with Crippen LogP contribution in [0.4, 0.5) is 4.79 Å². The van der Waals surface area contributed by atoms with Gasteiger partial charge in [0.2, 0.25) is 0 Å². The van der Waals surface area contributed by atoms with Crippen LogP contribution in [0.25, 0.3) is 0 Å². The van der Waals surface area contributed by atoms with E-state index in [1.54, 1.807) is 4.90 Å². The second-order valence-corrected chi connectivity index (χ2v) is 3.43. The molecule has 0 radical (unpaired) electrons. The van der Waals surface area contributed by atoms with Crippen molar-refractivity contribution in [3.63, 3.8) is 0 Å². The van der Waals surface area contributed by atoms with Gasteiger partial charge >= 0.3 is 6.03 Å². The smallest absolute Gasteiger partial charge is 0.309 e. The molecule has 10 N–H and O–H groups in total. The summed E-state index contributed by atoms with van der Waals surface area (Å²) >= 11 is 0. The summed E-state index contributed by atoms with van der Waals surface area (Å²) in [6.07, 6.45) is -0.954. The number of primary amides is 2. The largest absolute Gasteiger partial charge is 0.395 e. The number of hydrogen-bond donors (Lipinski definition) is 8. The lowest BCUT2D eigenvalue weighted by Crippen LogP contribution is -2.32. The topological polar surface area (TPSA) is 194 Å². The van der Waals surface area contributed by atoms with Crippen LogP contribution in [0.5, 0.6) is 0 Å². The van der Waals surface area contributed by atoms with Crippen molar-refractivity contribution in [2.75, 3.05) is 52.7 Å². The van der Waals surface area contributed by atoms with E-state index < -0.39 is 12.1 Å². The first-order valence-corrected chi connectivity index (χ1v) is 5.89. The molecule has 0 aliphatic heterocycles. The van der Waals surface area contributed by atoms with Crippen LogP contribution in [0.2, 0.25) is 0 Å². The highest BCUT2D eigenvalue weighted by Gasteiger charge is 2.00. The number of carbonyl (C=O) groups is 1. The third-order valence-corrected chi connectivity index (χ3v) is 1.67. The Morgan fingerprint density at radius 2 is 1.10 bits per heavy atom. The molecule has 0 fully saturated rings. The summed E-state index contributed by atoms with van der Waals surface area (Å²) in [5.41, 5.74) is 8.50. The lowest BCUT2D eigenvalue weighted by atomic mass is 10.4. The van der Waals surface area contributed by atoms with Gasteiger partial charge in [0.15, 0.2) is 0 Å².